The van der Waals surface area contributed by atoms with Gasteiger partial charge in [-0.3, -0.25) is 24.5 Å². The third-order valence-corrected chi connectivity index (χ3v) is 7.02. The van der Waals surface area contributed by atoms with Crippen LogP contribution >= 0.6 is 0 Å². The third kappa shape index (κ3) is 5.78. The molecule has 1 amide bonds. The molecule has 3 aliphatic rings. The number of amides is 1. The van der Waals surface area contributed by atoms with E-state index in [4.69, 9.17) is 4.74 Å². The monoisotopic (exact) mass is 415 g/mol. The van der Waals surface area contributed by atoms with Crippen LogP contribution < -0.4 is 5.32 Å². The Balaban J connectivity index is 1.21. The molecule has 0 aromatic carbocycles. The summed E-state index contributed by atoms with van der Waals surface area (Å²) in [5.41, 5.74) is 1.25. The predicted octanol–water partition coefficient (Wildman–Crippen LogP) is 1.35. The highest BCUT2D eigenvalue weighted by Crippen LogP contribution is 2.33. The number of aromatic nitrogens is 1. The average Bonchev–Trinajstić information content (AvgIpc) is 2.81. The molecule has 0 unspecified atom stereocenters. The van der Waals surface area contributed by atoms with E-state index < -0.39 is 0 Å². The zero-order valence-electron chi connectivity index (χ0n) is 18.2. The Morgan fingerprint density at radius 3 is 2.43 bits per heavy atom. The van der Waals surface area contributed by atoms with Gasteiger partial charge in [-0.05, 0) is 25.0 Å². The molecular weight excluding hydrogens is 378 g/mol. The van der Waals surface area contributed by atoms with E-state index in [1.165, 1.54) is 32.1 Å². The second-order valence-electron chi connectivity index (χ2n) is 9.03. The van der Waals surface area contributed by atoms with Crippen LogP contribution in [-0.2, 0) is 16.1 Å². The number of carbonyl (C=O) groups is 1. The van der Waals surface area contributed by atoms with Gasteiger partial charge in [-0.1, -0.05) is 25.3 Å². The summed E-state index contributed by atoms with van der Waals surface area (Å²) < 4.78 is 5.56. The summed E-state index contributed by atoms with van der Waals surface area (Å²) in [4.78, 5) is 24.5. The zero-order valence-corrected chi connectivity index (χ0v) is 18.2. The largest absolute Gasteiger partial charge is 0.379 e. The van der Waals surface area contributed by atoms with Crippen LogP contribution in [0, 0.1) is 0 Å². The van der Waals surface area contributed by atoms with Crippen molar-refractivity contribution in [1.29, 1.82) is 0 Å². The molecule has 0 spiro atoms. The molecule has 166 valence electrons. The van der Waals surface area contributed by atoms with Crippen LogP contribution in [-0.4, -0.2) is 96.7 Å². The first-order valence-electron chi connectivity index (χ1n) is 11.7. The topological polar surface area (TPSA) is 60.9 Å². The number of hydrogen-bond donors (Lipinski definition) is 1. The second-order valence-corrected chi connectivity index (χ2v) is 9.03. The number of ether oxygens (including phenoxy) is 1. The number of carbonyl (C=O) groups excluding carboxylic acids is 1. The van der Waals surface area contributed by atoms with Gasteiger partial charge in [0.2, 0.25) is 5.91 Å². The van der Waals surface area contributed by atoms with Gasteiger partial charge in [0.25, 0.3) is 0 Å². The maximum absolute atomic E-state index is 12.7. The fraction of sp³-hybridized carbons (Fsp3) is 0.739. The summed E-state index contributed by atoms with van der Waals surface area (Å²) in [6.07, 6.45) is 8.10. The first-order valence-corrected chi connectivity index (χ1v) is 11.7. The summed E-state index contributed by atoms with van der Waals surface area (Å²) in [6, 6.07) is 6.07. The predicted molar refractivity (Wildman–Crippen MR) is 117 cm³/mol. The van der Waals surface area contributed by atoms with E-state index in [9.17, 15) is 4.79 Å². The molecule has 0 atom stereocenters. The lowest BCUT2D eigenvalue weighted by atomic mass is 9.79. The van der Waals surface area contributed by atoms with Crippen molar-refractivity contribution in [3.05, 3.63) is 30.1 Å². The minimum absolute atomic E-state index is 0.138. The molecular formula is C23H37N5O2. The van der Waals surface area contributed by atoms with Crippen LogP contribution in [0.3, 0.4) is 0 Å². The van der Waals surface area contributed by atoms with E-state index in [1.54, 1.807) is 0 Å². The molecule has 2 saturated heterocycles. The van der Waals surface area contributed by atoms with Crippen molar-refractivity contribution in [2.45, 2.75) is 44.2 Å². The lowest BCUT2D eigenvalue weighted by molar-refractivity contribution is -0.124. The number of morpholine rings is 1. The smallest absolute Gasteiger partial charge is 0.234 e. The number of rotatable bonds is 7. The molecule has 3 fully saturated rings. The maximum atomic E-state index is 12.7. The Labute approximate surface area is 180 Å². The SMILES string of the molecule is O=C(CN1CCN(Cc2ccccn2)CC1)NCC1(N2CCOCC2)CCCCC1. The van der Waals surface area contributed by atoms with Gasteiger partial charge in [0, 0.05) is 64.1 Å². The molecule has 7 nitrogen and oxygen atoms in total. The summed E-state index contributed by atoms with van der Waals surface area (Å²) in [7, 11) is 0. The highest BCUT2D eigenvalue weighted by molar-refractivity contribution is 5.78. The second kappa shape index (κ2) is 10.7. The minimum atomic E-state index is 0.138. The normalized spacial score (nSPS) is 23.9. The highest BCUT2D eigenvalue weighted by atomic mass is 16.5. The van der Waals surface area contributed by atoms with Gasteiger partial charge in [-0.2, -0.15) is 0 Å². The number of nitrogens with zero attached hydrogens (tertiary/aromatic N) is 4. The molecule has 0 radical (unpaired) electrons. The Bertz CT molecular complexity index is 651. The van der Waals surface area contributed by atoms with Gasteiger partial charge >= 0.3 is 0 Å². The number of nitrogens with one attached hydrogen (secondary N) is 1. The number of hydrogen-bond acceptors (Lipinski definition) is 6. The summed E-state index contributed by atoms with van der Waals surface area (Å²) in [6.45, 7) is 9.66. The number of pyridine rings is 1. The van der Waals surface area contributed by atoms with Crippen LogP contribution in [0.4, 0.5) is 0 Å². The zero-order chi connectivity index (χ0) is 20.7. The van der Waals surface area contributed by atoms with Crippen LogP contribution in [0.15, 0.2) is 24.4 Å². The van der Waals surface area contributed by atoms with Gasteiger partial charge in [-0.15, -0.1) is 0 Å². The fourth-order valence-electron chi connectivity index (χ4n) is 5.20. The van der Waals surface area contributed by atoms with Crippen molar-refractivity contribution in [2.24, 2.45) is 0 Å². The van der Waals surface area contributed by atoms with Crippen molar-refractivity contribution in [3.63, 3.8) is 0 Å². The van der Waals surface area contributed by atoms with E-state index in [1.807, 2.05) is 18.3 Å². The van der Waals surface area contributed by atoms with Gasteiger partial charge in [0.1, 0.15) is 0 Å². The Kier molecular flexibility index (Phi) is 7.71. The highest BCUT2D eigenvalue weighted by Gasteiger charge is 2.38. The van der Waals surface area contributed by atoms with Gasteiger partial charge in [0.15, 0.2) is 0 Å². The molecule has 1 N–H and O–H groups in total. The molecule has 30 heavy (non-hydrogen) atoms. The van der Waals surface area contributed by atoms with E-state index in [0.717, 1.165) is 71.3 Å². The van der Waals surface area contributed by atoms with Crippen molar-refractivity contribution in [1.82, 2.24) is 25.0 Å². The summed E-state index contributed by atoms with van der Waals surface area (Å²) >= 11 is 0. The van der Waals surface area contributed by atoms with Crippen molar-refractivity contribution < 1.29 is 9.53 Å². The first-order chi connectivity index (χ1) is 14.7. The molecule has 1 saturated carbocycles. The van der Waals surface area contributed by atoms with Crippen LogP contribution in [0.5, 0.6) is 0 Å². The quantitative estimate of drug-likeness (QED) is 0.726. The van der Waals surface area contributed by atoms with Crippen LogP contribution in [0.2, 0.25) is 0 Å². The van der Waals surface area contributed by atoms with Gasteiger partial charge in [-0.25, -0.2) is 0 Å². The standard InChI is InChI=1S/C23H37N5O2/c29-22(19-27-12-10-26(11-13-27)18-21-6-2-5-9-24-21)25-20-23(7-3-1-4-8-23)28-14-16-30-17-15-28/h2,5-6,9H,1,3-4,7-8,10-20H2,(H,25,29). The van der Waals surface area contributed by atoms with E-state index >= 15 is 0 Å². The molecule has 4 rings (SSSR count). The van der Waals surface area contributed by atoms with E-state index in [0.29, 0.717) is 6.54 Å². The Morgan fingerprint density at radius 1 is 1.00 bits per heavy atom. The molecule has 0 bridgehead atoms. The summed E-state index contributed by atoms with van der Waals surface area (Å²) in [5, 5.41) is 3.30. The third-order valence-electron chi connectivity index (χ3n) is 7.02. The van der Waals surface area contributed by atoms with E-state index in [2.05, 4.69) is 31.1 Å². The van der Waals surface area contributed by atoms with Gasteiger partial charge in [0.05, 0.1) is 25.5 Å². The van der Waals surface area contributed by atoms with Crippen LogP contribution in [0.25, 0.3) is 0 Å². The molecule has 1 aliphatic carbocycles. The molecule has 2 aliphatic heterocycles. The van der Waals surface area contributed by atoms with Crippen molar-refractivity contribution >= 4 is 5.91 Å². The lowest BCUT2D eigenvalue weighted by Crippen LogP contribution is -2.60. The maximum Gasteiger partial charge on any atom is 0.234 e. The van der Waals surface area contributed by atoms with Gasteiger partial charge < -0.3 is 10.1 Å². The lowest BCUT2D eigenvalue weighted by Gasteiger charge is -2.48. The summed E-state index contributed by atoms with van der Waals surface area (Å²) in [5.74, 6) is 0.173. The Hall–Kier alpha value is -1.54. The minimum Gasteiger partial charge on any atom is -0.379 e. The first kappa shape index (κ1) is 21.7. The molecule has 1 aromatic rings. The van der Waals surface area contributed by atoms with Crippen molar-refractivity contribution in [3.8, 4) is 0 Å². The molecule has 7 heteroatoms. The Morgan fingerprint density at radius 2 is 1.73 bits per heavy atom. The molecule has 3 heterocycles. The fourth-order valence-corrected chi connectivity index (χ4v) is 5.20. The number of piperazine rings is 1. The average molecular weight is 416 g/mol. The van der Waals surface area contributed by atoms with Crippen LogP contribution in [0.1, 0.15) is 37.8 Å². The molecule has 1 aromatic heterocycles. The van der Waals surface area contributed by atoms with Crippen molar-refractivity contribution in [2.75, 3.05) is 65.6 Å². The van der Waals surface area contributed by atoms with E-state index in [-0.39, 0.29) is 11.4 Å².